The first-order valence-corrected chi connectivity index (χ1v) is 14.5. The molecule has 0 aromatic rings. The van der Waals surface area contributed by atoms with E-state index >= 15 is 0 Å². The summed E-state index contributed by atoms with van der Waals surface area (Å²) >= 11 is 0. The lowest BCUT2D eigenvalue weighted by Gasteiger charge is -2.29. The van der Waals surface area contributed by atoms with Gasteiger partial charge in [-0.2, -0.15) is 0 Å². The highest BCUT2D eigenvalue weighted by molar-refractivity contribution is 5.82. The maximum Gasteiger partial charge on any atom is 0.310 e. The van der Waals surface area contributed by atoms with Gasteiger partial charge >= 0.3 is 11.9 Å². The van der Waals surface area contributed by atoms with Crippen LogP contribution in [0.2, 0.25) is 0 Å². The molecule has 0 heterocycles. The maximum atomic E-state index is 12.6. The van der Waals surface area contributed by atoms with E-state index in [1.54, 1.807) is 0 Å². The fourth-order valence-electron chi connectivity index (χ4n) is 4.98. The third-order valence-electron chi connectivity index (χ3n) is 7.31. The minimum Gasteiger partial charge on any atom is -0.465 e. The molecule has 0 N–H and O–H groups in total. The van der Waals surface area contributed by atoms with E-state index in [9.17, 15) is 9.59 Å². The summed E-state index contributed by atoms with van der Waals surface area (Å²) in [6.45, 7) is 6.82. The fourth-order valence-corrected chi connectivity index (χ4v) is 4.98. The number of rotatable bonds is 20. The number of hydrogen-bond donors (Lipinski definition) is 0. The predicted octanol–water partition coefficient (Wildman–Crippen LogP) is 8.55. The van der Waals surface area contributed by atoms with Crippen LogP contribution in [-0.4, -0.2) is 24.6 Å². The van der Waals surface area contributed by atoms with Crippen molar-refractivity contribution in [1.29, 1.82) is 0 Å². The van der Waals surface area contributed by atoms with Crippen molar-refractivity contribution in [3.8, 4) is 0 Å². The van der Waals surface area contributed by atoms with Crippen LogP contribution in [0, 0.1) is 11.8 Å². The maximum absolute atomic E-state index is 12.6. The minimum absolute atomic E-state index is 0.0355. The summed E-state index contributed by atoms with van der Waals surface area (Å²) in [5.41, 5.74) is 0. The SMILES string of the molecule is CCCCCCCCCCCCCCCCOC(=O)C1CCCCC1C(=O)OC(CC)CC. The molecular weight excluding hydrogens is 412 g/mol. The molecule has 0 spiro atoms. The molecule has 0 amide bonds. The Bertz CT molecular complexity index is 486. The first-order valence-electron chi connectivity index (χ1n) is 14.5. The van der Waals surface area contributed by atoms with Gasteiger partial charge in [0.2, 0.25) is 0 Å². The summed E-state index contributed by atoms with van der Waals surface area (Å²) in [7, 11) is 0. The number of unbranched alkanes of at least 4 members (excludes halogenated alkanes) is 13. The highest BCUT2D eigenvalue weighted by Gasteiger charge is 2.38. The molecule has 4 heteroatoms. The smallest absolute Gasteiger partial charge is 0.310 e. The summed E-state index contributed by atoms with van der Waals surface area (Å²) < 4.78 is 11.2. The molecule has 1 aliphatic rings. The van der Waals surface area contributed by atoms with Crippen molar-refractivity contribution in [3.63, 3.8) is 0 Å². The molecule has 1 rings (SSSR count). The third-order valence-corrected chi connectivity index (χ3v) is 7.31. The fraction of sp³-hybridized carbons (Fsp3) is 0.931. The first-order chi connectivity index (χ1) is 16.1. The van der Waals surface area contributed by atoms with E-state index < -0.39 is 0 Å². The number of hydrogen-bond acceptors (Lipinski definition) is 4. The molecule has 0 saturated heterocycles. The van der Waals surface area contributed by atoms with Crippen LogP contribution in [0.5, 0.6) is 0 Å². The molecule has 1 fully saturated rings. The largest absolute Gasteiger partial charge is 0.465 e. The Balaban J connectivity index is 2.06. The number of ether oxygens (including phenoxy) is 2. The Labute approximate surface area is 205 Å². The first kappa shape index (κ1) is 30.0. The van der Waals surface area contributed by atoms with Gasteiger partial charge in [-0.25, -0.2) is 0 Å². The average Bonchev–Trinajstić information content (AvgIpc) is 2.84. The van der Waals surface area contributed by atoms with Gasteiger partial charge in [-0.1, -0.05) is 117 Å². The van der Waals surface area contributed by atoms with Gasteiger partial charge < -0.3 is 9.47 Å². The van der Waals surface area contributed by atoms with E-state index in [1.165, 1.54) is 77.0 Å². The molecule has 1 aliphatic carbocycles. The zero-order chi connectivity index (χ0) is 24.2. The van der Waals surface area contributed by atoms with E-state index in [1.807, 2.05) is 13.8 Å². The van der Waals surface area contributed by atoms with Crippen molar-refractivity contribution < 1.29 is 19.1 Å². The monoisotopic (exact) mass is 466 g/mol. The summed E-state index contributed by atoms with van der Waals surface area (Å²) in [4.78, 5) is 25.3. The van der Waals surface area contributed by atoms with E-state index in [0.717, 1.165) is 51.4 Å². The lowest BCUT2D eigenvalue weighted by molar-refractivity contribution is -0.166. The quantitative estimate of drug-likeness (QED) is 0.133. The van der Waals surface area contributed by atoms with Crippen molar-refractivity contribution in [3.05, 3.63) is 0 Å². The van der Waals surface area contributed by atoms with E-state index in [-0.39, 0.29) is 29.9 Å². The van der Waals surface area contributed by atoms with Gasteiger partial charge in [0.1, 0.15) is 6.10 Å². The summed E-state index contributed by atoms with van der Waals surface area (Å²) in [5.74, 6) is -1.01. The van der Waals surface area contributed by atoms with Gasteiger partial charge in [0.25, 0.3) is 0 Å². The van der Waals surface area contributed by atoms with Crippen molar-refractivity contribution in [1.82, 2.24) is 0 Å². The second-order valence-corrected chi connectivity index (χ2v) is 10.1. The lowest BCUT2D eigenvalue weighted by atomic mass is 9.79. The van der Waals surface area contributed by atoms with Crippen LogP contribution in [-0.2, 0) is 19.1 Å². The van der Waals surface area contributed by atoms with E-state index in [0.29, 0.717) is 6.61 Å². The van der Waals surface area contributed by atoms with E-state index in [4.69, 9.17) is 9.47 Å². The van der Waals surface area contributed by atoms with Crippen LogP contribution >= 0.6 is 0 Å². The molecule has 2 atom stereocenters. The molecule has 0 aromatic heterocycles. The average molecular weight is 467 g/mol. The standard InChI is InChI=1S/C29H54O4/c1-4-7-8-9-10-11-12-13-14-15-16-17-18-21-24-32-28(30)26-22-19-20-23-27(26)29(31)33-25(5-2)6-3/h25-27H,4-24H2,1-3H3. The second kappa shape index (κ2) is 20.3. The van der Waals surface area contributed by atoms with Crippen molar-refractivity contribution in [2.75, 3.05) is 6.61 Å². The van der Waals surface area contributed by atoms with Crippen LogP contribution < -0.4 is 0 Å². The Morgan fingerprint density at radius 2 is 1.06 bits per heavy atom. The van der Waals surface area contributed by atoms with Crippen LogP contribution in [0.3, 0.4) is 0 Å². The number of carbonyl (C=O) groups excluding carboxylic acids is 2. The van der Waals surface area contributed by atoms with Gasteiger partial charge in [-0.15, -0.1) is 0 Å². The molecule has 0 radical (unpaired) electrons. The topological polar surface area (TPSA) is 52.6 Å². The lowest BCUT2D eigenvalue weighted by Crippen LogP contribution is -2.36. The zero-order valence-electron chi connectivity index (χ0n) is 22.2. The highest BCUT2D eigenvalue weighted by Crippen LogP contribution is 2.32. The highest BCUT2D eigenvalue weighted by atomic mass is 16.5. The molecular formula is C29H54O4. The van der Waals surface area contributed by atoms with Crippen molar-refractivity contribution >= 4 is 11.9 Å². The zero-order valence-corrected chi connectivity index (χ0v) is 22.2. The van der Waals surface area contributed by atoms with Gasteiger partial charge in [-0.05, 0) is 32.1 Å². The molecule has 0 aromatic carbocycles. The summed E-state index contributed by atoms with van der Waals surface area (Å²) in [5, 5.41) is 0. The van der Waals surface area contributed by atoms with Gasteiger partial charge in [0, 0.05) is 0 Å². The number of esters is 2. The van der Waals surface area contributed by atoms with Crippen molar-refractivity contribution in [2.24, 2.45) is 11.8 Å². The summed E-state index contributed by atoms with van der Waals surface area (Å²) in [6.07, 6.45) is 23.5. The Kier molecular flexibility index (Phi) is 18.5. The van der Waals surface area contributed by atoms with Crippen LogP contribution in [0.25, 0.3) is 0 Å². The molecule has 1 saturated carbocycles. The number of carbonyl (C=O) groups is 2. The molecule has 0 aliphatic heterocycles. The molecule has 0 bridgehead atoms. The van der Waals surface area contributed by atoms with Crippen molar-refractivity contribution in [2.45, 2.75) is 155 Å². The molecule has 33 heavy (non-hydrogen) atoms. The third kappa shape index (κ3) is 14.1. The van der Waals surface area contributed by atoms with Gasteiger partial charge in [-0.3, -0.25) is 9.59 Å². The minimum atomic E-state index is -0.316. The van der Waals surface area contributed by atoms with Crippen LogP contribution in [0.4, 0.5) is 0 Å². The molecule has 4 nitrogen and oxygen atoms in total. The van der Waals surface area contributed by atoms with E-state index in [2.05, 4.69) is 6.92 Å². The molecule has 194 valence electrons. The molecule has 2 unspecified atom stereocenters. The Morgan fingerprint density at radius 1 is 0.636 bits per heavy atom. The second-order valence-electron chi connectivity index (χ2n) is 10.1. The normalized spacial score (nSPS) is 18.4. The predicted molar refractivity (Wildman–Crippen MR) is 137 cm³/mol. The Morgan fingerprint density at radius 3 is 1.52 bits per heavy atom. The Hall–Kier alpha value is -1.06. The van der Waals surface area contributed by atoms with Crippen LogP contribution in [0.15, 0.2) is 0 Å². The van der Waals surface area contributed by atoms with Crippen LogP contribution in [0.1, 0.15) is 149 Å². The van der Waals surface area contributed by atoms with Gasteiger partial charge in [0.15, 0.2) is 0 Å². The summed E-state index contributed by atoms with van der Waals surface area (Å²) in [6, 6.07) is 0. The van der Waals surface area contributed by atoms with Gasteiger partial charge in [0.05, 0.1) is 18.4 Å².